The molecule has 142 valence electrons. The van der Waals surface area contributed by atoms with Crippen molar-refractivity contribution in [2.24, 2.45) is 0 Å². The van der Waals surface area contributed by atoms with Crippen LogP contribution in [0, 0.1) is 13.8 Å². The normalized spacial score (nSPS) is 16.9. The molecule has 0 radical (unpaired) electrons. The maximum Gasteiger partial charge on any atom is 0.280 e. The summed E-state index contributed by atoms with van der Waals surface area (Å²) in [6.07, 6.45) is 3.89. The lowest BCUT2D eigenvalue weighted by Gasteiger charge is -2.22. The average Bonchev–Trinajstić information content (AvgIpc) is 3.42. The van der Waals surface area contributed by atoms with Crippen molar-refractivity contribution >= 4 is 32.6 Å². The Morgan fingerprint density at radius 1 is 1.37 bits per heavy atom. The minimum Gasteiger partial charge on any atom is -0.376 e. The zero-order chi connectivity index (χ0) is 19.0. The second-order valence-electron chi connectivity index (χ2n) is 6.96. The van der Waals surface area contributed by atoms with Crippen molar-refractivity contribution in [3.8, 4) is 0 Å². The fraction of sp³-hybridized carbons (Fsp3) is 0.450. The molecule has 1 saturated heterocycles. The maximum atomic E-state index is 13.3. The summed E-state index contributed by atoms with van der Waals surface area (Å²) in [7, 11) is 0. The molecular weight excluding hydrogens is 360 g/mol. The van der Waals surface area contributed by atoms with Gasteiger partial charge in [0, 0.05) is 19.3 Å². The minimum absolute atomic E-state index is 0.0528. The van der Waals surface area contributed by atoms with Crippen LogP contribution in [-0.2, 0) is 11.3 Å². The SMILES string of the molecule is CCn1ccc(C(=O)N(CC2CCCO2)c2nc3c(C)c(C)ccc3s2)n1. The van der Waals surface area contributed by atoms with Crippen LogP contribution >= 0.6 is 11.3 Å². The van der Waals surface area contributed by atoms with E-state index in [0.717, 1.165) is 41.8 Å². The maximum absolute atomic E-state index is 13.3. The van der Waals surface area contributed by atoms with Crippen LogP contribution < -0.4 is 4.90 Å². The number of aryl methyl sites for hydroxylation is 3. The van der Waals surface area contributed by atoms with Crippen molar-refractivity contribution in [3.05, 3.63) is 41.2 Å². The molecule has 1 aromatic carbocycles. The van der Waals surface area contributed by atoms with Crippen LogP contribution in [-0.4, -0.2) is 39.9 Å². The first-order chi connectivity index (χ1) is 13.1. The quantitative estimate of drug-likeness (QED) is 0.668. The summed E-state index contributed by atoms with van der Waals surface area (Å²) in [6.45, 7) is 8.17. The Morgan fingerprint density at radius 2 is 2.22 bits per heavy atom. The van der Waals surface area contributed by atoms with Gasteiger partial charge in [-0.3, -0.25) is 14.4 Å². The first kappa shape index (κ1) is 18.1. The number of carbonyl (C=O) groups is 1. The fourth-order valence-electron chi connectivity index (χ4n) is 3.36. The highest BCUT2D eigenvalue weighted by molar-refractivity contribution is 7.22. The number of thiazole rings is 1. The molecule has 1 amide bonds. The standard InChI is InChI=1S/C20H24N4O2S/c1-4-23-10-9-16(22-23)19(25)24(12-15-6-5-11-26-15)20-21-18-14(3)13(2)7-8-17(18)27-20/h7-10,15H,4-6,11-12H2,1-3H3. The van der Waals surface area contributed by atoms with Crippen LogP contribution in [0.1, 0.15) is 41.4 Å². The predicted octanol–water partition coefficient (Wildman–Crippen LogP) is 3.96. The van der Waals surface area contributed by atoms with Crippen molar-refractivity contribution in [1.29, 1.82) is 0 Å². The van der Waals surface area contributed by atoms with Gasteiger partial charge < -0.3 is 4.74 Å². The molecule has 7 heteroatoms. The van der Waals surface area contributed by atoms with Crippen molar-refractivity contribution in [2.45, 2.75) is 46.3 Å². The highest BCUT2D eigenvalue weighted by Crippen LogP contribution is 2.33. The number of hydrogen-bond acceptors (Lipinski definition) is 5. The van der Waals surface area contributed by atoms with Gasteiger partial charge in [-0.05, 0) is 56.9 Å². The number of benzene rings is 1. The Morgan fingerprint density at radius 3 is 2.93 bits per heavy atom. The molecule has 3 aromatic rings. The van der Waals surface area contributed by atoms with Crippen LogP contribution in [0.15, 0.2) is 24.4 Å². The topological polar surface area (TPSA) is 60.2 Å². The predicted molar refractivity (Wildman–Crippen MR) is 108 cm³/mol. The van der Waals surface area contributed by atoms with Gasteiger partial charge in [0.15, 0.2) is 10.8 Å². The van der Waals surface area contributed by atoms with E-state index in [9.17, 15) is 4.79 Å². The van der Waals surface area contributed by atoms with Crippen LogP contribution in [0.5, 0.6) is 0 Å². The highest BCUT2D eigenvalue weighted by Gasteiger charge is 2.28. The molecule has 0 bridgehead atoms. The number of ether oxygens (including phenoxy) is 1. The first-order valence-electron chi connectivity index (χ1n) is 9.40. The third kappa shape index (κ3) is 3.49. The molecular formula is C20H24N4O2S. The Hall–Kier alpha value is -2.25. The number of hydrogen-bond donors (Lipinski definition) is 0. The molecule has 0 aliphatic carbocycles. The number of anilines is 1. The Kier molecular flexibility index (Phi) is 4.97. The number of carbonyl (C=O) groups excluding carboxylic acids is 1. The molecule has 2 aromatic heterocycles. The number of nitrogens with zero attached hydrogens (tertiary/aromatic N) is 4. The molecule has 6 nitrogen and oxygen atoms in total. The first-order valence-corrected chi connectivity index (χ1v) is 10.2. The Bertz CT molecular complexity index is 972. The second-order valence-corrected chi connectivity index (χ2v) is 7.97. The molecule has 27 heavy (non-hydrogen) atoms. The Labute approximate surface area is 162 Å². The van der Waals surface area contributed by atoms with Crippen molar-refractivity contribution in [1.82, 2.24) is 14.8 Å². The third-order valence-corrected chi connectivity index (χ3v) is 6.19. The largest absolute Gasteiger partial charge is 0.376 e. The van der Waals surface area contributed by atoms with E-state index < -0.39 is 0 Å². The smallest absolute Gasteiger partial charge is 0.280 e. The summed E-state index contributed by atoms with van der Waals surface area (Å²) >= 11 is 1.55. The van der Waals surface area contributed by atoms with Crippen molar-refractivity contribution in [2.75, 3.05) is 18.1 Å². The van der Waals surface area contributed by atoms with E-state index in [2.05, 4.69) is 31.1 Å². The number of fused-ring (bicyclic) bond motifs is 1. The summed E-state index contributed by atoms with van der Waals surface area (Å²) in [6, 6.07) is 5.96. The molecule has 1 fully saturated rings. The minimum atomic E-state index is -0.119. The summed E-state index contributed by atoms with van der Waals surface area (Å²) in [5, 5.41) is 5.11. The average molecular weight is 385 g/mol. The number of rotatable bonds is 5. The number of amides is 1. The molecule has 0 N–H and O–H groups in total. The molecule has 0 spiro atoms. The summed E-state index contributed by atoms with van der Waals surface area (Å²) < 4.78 is 8.65. The molecule has 1 atom stereocenters. The van der Waals surface area contributed by atoms with Crippen LogP contribution in [0.25, 0.3) is 10.2 Å². The van der Waals surface area contributed by atoms with Crippen LogP contribution in [0.3, 0.4) is 0 Å². The summed E-state index contributed by atoms with van der Waals surface area (Å²) in [5.74, 6) is -0.119. The van der Waals surface area contributed by atoms with Crippen molar-refractivity contribution < 1.29 is 9.53 Å². The van der Waals surface area contributed by atoms with Crippen LogP contribution in [0.2, 0.25) is 0 Å². The van der Waals surface area contributed by atoms with E-state index >= 15 is 0 Å². The van der Waals surface area contributed by atoms with Gasteiger partial charge in [0.2, 0.25) is 0 Å². The molecule has 4 rings (SSSR count). The van der Waals surface area contributed by atoms with Gasteiger partial charge in [-0.25, -0.2) is 4.98 Å². The molecule has 1 aliphatic rings. The molecule has 3 heterocycles. The summed E-state index contributed by atoms with van der Waals surface area (Å²) in [4.78, 5) is 19.8. The monoisotopic (exact) mass is 384 g/mol. The molecule has 0 saturated carbocycles. The van der Waals surface area contributed by atoms with E-state index in [0.29, 0.717) is 17.4 Å². The lowest BCUT2D eigenvalue weighted by atomic mass is 10.1. The van der Waals surface area contributed by atoms with E-state index in [1.807, 2.05) is 13.1 Å². The zero-order valence-corrected chi connectivity index (χ0v) is 16.8. The van der Waals surface area contributed by atoms with Gasteiger partial charge in [-0.1, -0.05) is 17.4 Å². The molecule has 1 unspecified atom stereocenters. The van der Waals surface area contributed by atoms with Gasteiger partial charge in [-0.2, -0.15) is 5.10 Å². The van der Waals surface area contributed by atoms with Gasteiger partial charge >= 0.3 is 0 Å². The van der Waals surface area contributed by atoms with Gasteiger partial charge in [0.05, 0.1) is 22.9 Å². The lowest BCUT2D eigenvalue weighted by Crippen LogP contribution is -2.37. The lowest BCUT2D eigenvalue weighted by molar-refractivity contribution is 0.0912. The Balaban J connectivity index is 1.72. The van der Waals surface area contributed by atoms with Crippen LogP contribution in [0.4, 0.5) is 5.13 Å². The summed E-state index contributed by atoms with van der Waals surface area (Å²) in [5.41, 5.74) is 3.79. The number of aromatic nitrogens is 3. The van der Waals surface area contributed by atoms with Gasteiger partial charge in [-0.15, -0.1) is 0 Å². The van der Waals surface area contributed by atoms with E-state index in [1.54, 1.807) is 27.0 Å². The van der Waals surface area contributed by atoms with E-state index in [-0.39, 0.29) is 12.0 Å². The van der Waals surface area contributed by atoms with Gasteiger partial charge in [0.1, 0.15) is 0 Å². The van der Waals surface area contributed by atoms with Crippen molar-refractivity contribution in [3.63, 3.8) is 0 Å². The van der Waals surface area contributed by atoms with Gasteiger partial charge in [0.25, 0.3) is 5.91 Å². The second kappa shape index (κ2) is 7.40. The van der Waals surface area contributed by atoms with E-state index in [4.69, 9.17) is 9.72 Å². The third-order valence-electron chi connectivity index (χ3n) is 5.14. The fourth-order valence-corrected chi connectivity index (χ4v) is 4.39. The molecule has 1 aliphatic heterocycles. The highest BCUT2D eigenvalue weighted by atomic mass is 32.1. The van der Waals surface area contributed by atoms with E-state index in [1.165, 1.54) is 5.56 Å². The zero-order valence-electron chi connectivity index (χ0n) is 15.9.